The molecule has 0 radical (unpaired) electrons. The summed E-state index contributed by atoms with van der Waals surface area (Å²) in [4.78, 5) is 18.9. The van der Waals surface area contributed by atoms with Gasteiger partial charge in [0.2, 0.25) is 0 Å². The SMILES string of the molecule is O=C(NCC1CC1)c1ccccc1Sc1ccc2c(/C=C/c3ccccn3)n[nH]c2c1. The second kappa shape index (κ2) is 8.78. The molecule has 0 spiro atoms. The molecule has 0 saturated heterocycles. The summed E-state index contributed by atoms with van der Waals surface area (Å²) < 4.78 is 0. The van der Waals surface area contributed by atoms with Gasteiger partial charge in [0, 0.05) is 27.9 Å². The largest absolute Gasteiger partial charge is 0.352 e. The summed E-state index contributed by atoms with van der Waals surface area (Å²) in [6.07, 6.45) is 8.14. The van der Waals surface area contributed by atoms with Crippen LogP contribution in [0.3, 0.4) is 0 Å². The highest BCUT2D eigenvalue weighted by atomic mass is 32.2. The fourth-order valence-electron chi connectivity index (χ4n) is 3.37. The molecule has 2 heterocycles. The first-order chi connectivity index (χ1) is 15.3. The van der Waals surface area contributed by atoms with E-state index >= 15 is 0 Å². The van der Waals surface area contributed by atoms with Crippen LogP contribution in [0.4, 0.5) is 0 Å². The van der Waals surface area contributed by atoms with E-state index in [9.17, 15) is 4.79 Å². The molecule has 2 aromatic carbocycles. The van der Waals surface area contributed by atoms with Gasteiger partial charge >= 0.3 is 0 Å². The molecule has 4 aromatic rings. The third-order valence-corrected chi connectivity index (χ3v) is 6.34. The predicted molar refractivity (Wildman–Crippen MR) is 125 cm³/mol. The number of aromatic amines is 1. The molecule has 0 aliphatic heterocycles. The van der Waals surface area contributed by atoms with Crippen LogP contribution in [0, 0.1) is 5.92 Å². The molecule has 1 amide bonds. The van der Waals surface area contributed by atoms with Gasteiger partial charge < -0.3 is 5.32 Å². The molecular formula is C25H22N4OS. The number of rotatable bonds is 7. The lowest BCUT2D eigenvalue weighted by Gasteiger charge is -2.10. The highest BCUT2D eigenvalue weighted by molar-refractivity contribution is 7.99. The lowest BCUT2D eigenvalue weighted by molar-refractivity contribution is 0.0949. The molecule has 154 valence electrons. The van der Waals surface area contributed by atoms with E-state index in [2.05, 4.69) is 38.7 Å². The molecule has 1 saturated carbocycles. The van der Waals surface area contributed by atoms with Gasteiger partial charge in [-0.3, -0.25) is 14.9 Å². The first-order valence-electron chi connectivity index (χ1n) is 10.4. The van der Waals surface area contributed by atoms with Crippen molar-refractivity contribution in [3.8, 4) is 0 Å². The fourth-order valence-corrected chi connectivity index (χ4v) is 4.36. The minimum Gasteiger partial charge on any atom is -0.352 e. The van der Waals surface area contributed by atoms with E-state index in [1.807, 2.05) is 54.6 Å². The van der Waals surface area contributed by atoms with Crippen LogP contribution in [0.2, 0.25) is 0 Å². The normalized spacial score (nSPS) is 13.7. The summed E-state index contributed by atoms with van der Waals surface area (Å²) in [5, 5.41) is 11.7. The van der Waals surface area contributed by atoms with E-state index in [4.69, 9.17) is 0 Å². The van der Waals surface area contributed by atoms with Crippen LogP contribution in [-0.4, -0.2) is 27.6 Å². The van der Waals surface area contributed by atoms with E-state index in [0.29, 0.717) is 5.92 Å². The van der Waals surface area contributed by atoms with E-state index in [-0.39, 0.29) is 5.91 Å². The molecule has 5 nitrogen and oxygen atoms in total. The molecule has 1 aliphatic carbocycles. The van der Waals surface area contributed by atoms with E-state index < -0.39 is 0 Å². The second-order valence-electron chi connectivity index (χ2n) is 7.66. The van der Waals surface area contributed by atoms with Crippen LogP contribution >= 0.6 is 11.8 Å². The molecule has 6 heteroatoms. The van der Waals surface area contributed by atoms with Gasteiger partial charge in [-0.05, 0) is 73.4 Å². The zero-order chi connectivity index (χ0) is 21.0. The first-order valence-corrected chi connectivity index (χ1v) is 11.2. The van der Waals surface area contributed by atoms with Gasteiger partial charge in [-0.25, -0.2) is 0 Å². The van der Waals surface area contributed by atoms with E-state index in [0.717, 1.165) is 44.2 Å². The Labute approximate surface area is 185 Å². The fraction of sp³-hybridized carbons (Fsp3) is 0.160. The zero-order valence-corrected chi connectivity index (χ0v) is 17.7. The standard InChI is InChI=1S/C25H22N4OS/c30-25(27-16-17-8-9-17)21-6-1-2-7-24(21)31-19-11-12-20-22(28-29-23(20)15-19)13-10-18-5-3-4-14-26-18/h1-7,10-15,17H,8-9,16H2,(H,27,30)(H,28,29)/b13-10+. The predicted octanol–water partition coefficient (Wildman–Crippen LogP) is 5.42. The van der Waals surface area contributed by atoms with Crippen molar-refractivity contribution >= 4 is 40.7 Å². The van der Waals surface area contributed by atoms with Gasteiger partial charge in [0.05, 0.1) is 22.5 Å². The van der Waals surface area contributed by atoms with Crippen LogP contribution in [0.5, 0.6) is 0 Å². The van der Waals surface area contributed by atoms with Crippen LogP contribution in [0.25, 0.3) is 23.1 Å². The Morgan fingerprint density at radius 3 is 2.81 bits per heavy atom. The molecule has 2 aromatic heterocycles. The van der Waals surface area contributed by atoms with Crippen molar-refractivity contribution < 1.29 is 4.79 Å². The molecule has 0 bridgehead atoms. The topological polar surface area (TPSA) is 70.7 Å². The Kier molecular flexibility index (Phi) is 5.54. The molecule has 1 aliphatic rings. The highest BCUT2D eigenvalue weighted by Gasteiger charge is 2.22. The van der Waals surface area contributed by atoms with E-state index in [1.54, 1.807) is 18.0 Å². The van der Waals surface area contributed by atoms with Crippen molar-refractivity contribution in [2.45, 2.75) is 22.6 Å². The molecule has 0 atom stereocenters. The lowest BCUT2D eigenvalue weighted by atomic mass is 10.2. The van der Waals surface area contributed by atoms with Gasteiger partial charge in [-0.2, -0.15) is 5.10 Å². The Hall–Kier alpha value is -3.38. The van der Waals surface area contributed by atoms with Crippen LogP contribution in [-0.2, 0) is 0 Å². The van der Waals surface area contributed by atoms with E-state index in [1.165, 1.54) is 12.8 Å². The van der Waals surface area contributed by atoms with Crippen molar-refractivity contribution in [1.82, 2.24) is 20.5 Å². The third-order valence-electron chi connectivity index (χ3n) is 5.27. The van der Waals surface area contributed by atoms with Crippen LogP contribution < -0.4 is 5.32 Å². The average Bonchev–Trinajstić information content (AvgIpc) is 3.56. The number of pyridine rings is 1. The quantitative estimate of drug-likeness (QED) is 0.414. The third kappa shape index (κ3) is 4.70. The Morgan fingerprint density at radius 2 is 1.97 bits per heavy atom. The maximum atomic E-state index is 12.6. The van der Waals surface area contributed by atoms with Gasteiger partial charge in [-0.15, -0.1) is 0 Å². The summed E-state index contributed by atoms with van der Waals surface area (Å²) in [6, 6.07) is 19.8. The number of aromatic nitrogens is 3. The molecule has 2 N–H and O–H groups in total. The Morgan fingerprint density at radius 1 is 1.10 bits per heavy atom. The Bertz CT molecular complexity index is 1240. The van der Waals surface area contributed by atoms with Gasteiger partial charge in [0.25, 0.3) is 5.91 Å². The number of carbonyl (C=O) groups excluding carboxylic acids is 1. The lowest BCUT2D eigenvalue weighted by Crippen LogP contribution is -2.25. The number of hydrogen-bond donors (Lipinski definition) is 2. The minimum atomic E-state index is -0.000404. The molecule has 1 fully saturated rings. The number of fused-ring (bicyclic) bond motifs is 1. The average molecular weight is 427 g/mol. The number of nitrogens with zero attached hydrogens (tertiary/aromatic N) is 2. The summed E-state index contributed by atoms with van der Waals surface area (Å²) in [5.41, 5.74) is 3.44. The Balaban J connectivity index is 1.35. The molecule has 0 unspecified atom stereocenters. The zero-order valence-electron chi connectivity index (χ0n) is 16.9. The van der Waals surface area contributed by atoms with Crippen molar-refractivity contribution in [1.29, 1.82) is 0 Å². The molecular weight excluding hydrogens is 404 g/mol. The highest BCUT2D eigenvalue weighted by Crippen LogP contribution is 2.33. The maximum Gasteiger partial charge on any atom is 0.252 e. The van der Waals surface area contributed by atoms with Crippen LogP contribution in [0.1, 0.15) is 34.6 Å². The smallest absolute Gasteiger partial charge is 0.252 e. The summed E-state index contributed by atoms with van der Waals surface area (Å²) in [7, 11) is 0. The maximum absolute atomic E-state index is 12.6. The second-order valence-corrected chi connectivity index (χ2v) is 8.77. The molecule has 31 heavy (non-hydrogen) atoms. The summed E-state index contributed by atoms with van der Waals surface area (Å²) in [5.74, 6) is 0.659. The van der Waals surface area contributed by atoms with Crippen molar-refractivity contribution in [2.75, 3.05) is 6.54 Å². The summed E-state index contributed by atoms with van der Waals surface area (Å²) >= 11 is 1.59. The first kappa shape index (κ1) is 19.6. The molecule has 5 rings (SSSR count). The van der Waals surface area contributed by atoms with Gasteiger partial charge in [-0.1, -0.05) is 30.0 Å². The van der Waals surface area contributed by atoms with Gasteiger partial charge in [0.1, 0.15) is 0 Å². The number of amides is 1. The number of benzene rings is 2. The van der Waals surface area contributed by atoms with Crippen molar-refractivity contribution in [2.24, 2.45) is 5.92 Å². The summed E-state index contributed by atoms with van der Waals surface area (Å²) in [6.45, 7) is 0.771. The monoisotopic (exact) mass is 426 g/mol. The van der Waals surface area contributed by atoms with Crippen molar-refractivity contribution in [3.63, 3.8) is 0 Å². The van der Waals surface area contributed by atoms with Crippen molar-refractivity contribution in [3.05, 3.63) is 83.8 Å². The minimum absolute atomic E-state index is 0.000404. The number of hydrogen-bond acceptors (Lipinski definition) is 4. The number of carbonyl (C=O) groups is 1. The number of nitrogens with one attached hydrogen (secondary N) is 2. The number of H-pyrrole nitrogens is 1. The van der Waals surface area contributed by atoms with Gasteiger partial charge in [0.15, 0.2) is 0 Å². The van der Waals surface area contributed by atoms with Crippen LogP contribution in [0.15, 0.2) is 76.7 Å².